The maximum atomic E-state index is 12.7. The molecule has 2 aromatic carbocycles. The number of hydrogen-bond donors (Lipinski definition) is 1. The van der Waals surface area contributed by atoms with E-state index in [4.69, 9.17) is 21.1 Å². The van der Waals surface area contributed by atoms with Crippen molar-refractivity contribution in [3.63, 3.8) is 0 Å². The number of amides is 1. The zero-order chi connectivity index (χ0) is 18.6. The van der Waals surface area contributed by atoms with E-state index in [1.807, 2.05) is 45.1 Å². The first-order chi connectivity index (χ1) is 11.9. The Morgan fingerprint density at radius 2 is 1.84 bits per heavy atom. The number of carbonyl (C=O) groups excluding carboxylic acids is 1. The molecule has 0 aromatic heterocycles. The molecule has 0 bridgehead atoms. The van der Waals surface area contributed by atoms with Crippen molar-refractivity contribution in [2.75, 3.05) is 19.5 Å². The molecule has 0 radical (unpaired) electrons. The third-order valence-corrected chi connectivity index (χ3v) is 4.08. The lowest BCUT2D eigenvalue weighted by Gasteiger charge is -2.15. The summed E-state index contributed by atoms with van der Waals surface area (Å²) in [5.41, 5.74) is 3.79. The molecule has 25 heavy (non-hydrogen) atoms. The topological polar surface area (TPSA) is 47.6 Å². The number of rotatable bonds is 5. The number of methoxy groups -OCH3 is 2. The number of aryl methyl sites for hydroxylation is 2. The average molecular weight is 360 g/mol. The van der Waals surface area contributed by atoms with Crippen LogP contribution in [-0.4, -0.2) is 20.1 Å². The lowest BCUT2D eigenvalue weighted by atomic mass is 10.1. The van der Waals surface area contributed by atoms with Gasteiger partial charge < -0.3 is 14.8 Å². The van der Waals surface area contributed by atoms with Crippen molar-refractivity contribution >= 4 is 29.3 Å². The predicted molar refractivity (Wildman–Crippen MR) is 103 cm³/mol. The standard InChI is InChI=1S/C20H22ClNO3/c1-6-7-14-10-15(11-17(24-4)19(14)25-5)20(23)22-18-13(3)8-12(2)9-16(18)21/h6-11H,1-5H3,(H,22,23). The Morgan fingerprint density at radius 1 is 1.12 bits per heavy atom. The van der Waals surface area contributed by atoms with E-state index < -0.39 is 0 Å². The highest BCUT2D eigenvalue weighted by atomic mass is 35.5. The summed E-state index contributed by atoms with van der Waals surface area (Å²) in [7, 11) is 3.11. The summed E-state index contributed by atoms with van der Waals surface area (Å²) < 4.78 is 10.8. The van der Waals surface area contributed by atoms with Crippen LogP contribution in [0.5, 0.6) is 11.5 Å². The quantitative estimate of drug-likeness (QED) is 0.792. The van der Waals surface area contributed by atoms with Crippen molar-refractivity contribution in [1.82, 2.24) is 0 Å². The summed E-state index contributed by atoms with van der Waals surface area (Å²) in [5, 5.41) is 3.40. The van der Waals surface area contributed by atoms with Crippen molar-refractivity contribution in [3.05, 3.63) is 57.6 Å². The fourth-order valence-electron chi connectivity index (χ4n) is 2.69. The Morgan fingerprint density at radius 3 is 2.40 bits per heavy atom. The fraction of sp³-hybridized carbons (Fsp3) is 0.250. The lowest BCUT2D eigenvalue weighted by molar-refractivity contribution is 0.102. The monoisotopic (exact) mass is 359 g/mol. The van der Waals surface area contributed by atoms with Gasteiger partial charge in [-0.3, -0.25) is 4.79 Å². The summed E-state index contributed by atoms with van der Waals surface area (Å²) in [6.45, 7) is 5.77. The number of anilines is 1. The second-order valence-electron chi connectivity index (χ2n) is 5.69. The smallest absolute Gasteiger partial charge is 0.255 e. The van der Waals surface area contributed by atoms with Crippen LogP contribution in [0.15, 0.2) is 30.3 Å². The Balaban J connectivity index is 2.45. The normalized spacial score (nSPS) is 10.8. The second-order valence-corrected chi connectivity index (χ2v) is 6.10. The molecule has 0 saturated carbocycles. The first kappa shape index (κ1) is 18.9. The van der Waals surface area contributed by atoms with Gasteiger partial charge in [0.2, 0.25) is 0 Å². The van der Waals surface area contributed by atoms with Crippen LogP contribution in [0.3, 0.4) is 0 Å². The Labute approximate surface area is 153 Å². The number of hydrogen-bond acceptors (Lipinski definition) is 3. The molecule has 0 atom stereocenters. The first-order valence-electron chi connectivity index (χ1n) is 7.88. The molecule has 4 nitrogen and oxygen atoms in total. The van der Waals surface area contributed by atoms with Gasteiger partial charge in [-0.1, -0.05) is 29.8 Å². The van der Waals surface area contributed by atoms with E-state index in [0.717, 1.165) is 16.7 Å². The molecule has 0 aliphatic heterocycles. The maximum Gasteiger partial charge on any atom is 0.255 e. The molecule has 0 aliphatic carbocycles. The minimum absolute atomic E-state index is 0.263. The van der Waals surface area contributed by atoms with E-state index in [1.165, 1.54) is 0 Å². The van der Waals surface area contributed by atoms with Gasteiger partial charge >= 0.3 is 0 Å². The first-order valence-corrected chi connectivity index (χ1v) is 8.25. The van der Waals surface area contributed by atoms with Crippen molar-refractivity contribution in [3.8, 4) is 11.5 Å². The number of nitrogens with one attached hydrogen (secondary N) is 1. The summed E-state index contributed by atoms with van der Waals surface area (Å²) in [6, 6.07) is 7.21. The van der Waals surface area contributed by atoms with Gasteiger partial charge in [-0.2, -0.15) is 0 Å². The highest BCUT2D eigenvalue weighted by molar-refractivity contribution is 6.34. The van der Waals surface area contributed by atoms with Gasteiger partial charge in [0.1, 0.15) is 0 Å². The van der Waals surface area contributed by atoms with Gasteiger partial charge in [-0.25, -0.2) is 0 Å². The highest BCUT2D eigenvalue weighted by Crippen LogP contribution is 2.34. The molecule has 0 saturated heterocycles. The summed E-state index contributed by atoms with van der Waals surface area (Å²) in [5.74, 6) is 0.817. The molecule has 2 rings (SSSR count). The predicted octanol–water partition coefficient (Wildman–Crippen LogP) is 5.26. The maximum absolute atomic E-state index is 12.7. The minimum atomic E-state index is -0.263. The number of allylic oxidation sites excluding steroid dienone is 1. The largest absolute Gasteiger partial charge is 0.493 e. The highest BCUT2D eigenvalue weighted by Gasteiger charge is 2.17. The van der Waals surface area contributed by atoms with E-state index >= 15 is 0 Å². The van der Waals surface area contributed by atoms with Crippen LogP contribution in [0.2, 0.25) is 5.02 Å². The van der Waals surface area contributed by atoms with E-state index in [2.05, 4.69) is 5.32 Å². The number of carbonyl (C=O) groups is 1. The lowest BCUT2D eigenvalue weighted by Crippen LogP contribution is -2.14. The summed E-state index contributed by atoms with van der Waals surface area (Å²) >= 11 is 6.28. The van der Waals surface area contributed by atoms with Gasteiger partial charge in [-0.15, -0.1) is 0 Å². The van der Waals surface area contributed by atoms with Gasteiger partial charge in [0, 0.05) is 11.1 Å². The van der Waals surface area contributed by atoms with Gasteiger partial charge in [-0.05, 0) is 50.1 Å². The van der Waals surface area contributed by atoms with Crippen molar-refractivity contribution in [2.45, 2.75) is 20.8 Å². The molecular formula is C20H22ClNO3. The van der Waals surface area contributed by atoms with E-state index in [1.54, 1.807) is 26.4 Å². The number of ether oxygens (including phenoxy) is 2. The number of halogens is 1. The van der Waals surface area contributed by atoms with E-state index in [-0.39, 0.29) is 5.91 Å². The van der Waals surface area contributed by atoms with Crippen molar-refractivity contribution < 1.29 is 14.3 Å². The molecule has 0 heterocycles. The number of benzene rings is 2. The molecule has 1 N–H and O–H groups in total. The van der Waals surface area contributed by atoms with Crippen LogP contribution < -0.4 is 14.8 Å². The molecule has 0 aliphatic rings. The molecule has 132 valence electrons. The average Bonchev–Trinajstić information content (AvgIpc) is 2.57. The molecular weight excluding hydrogens is 338 g/mol. The summed E-state index contributed by atoms with van der Waals surface area (Å²) in [6.07, 6.45) is 3.74. The zero-order valence-corrected chi connectivity index (χ0v) is 15.8. The second kappa shape index (κ2) is 8.08. The molecule has 5 heteroatoms. The van der Waals surface area contributed by atoms with Crippen LogP contribution >= 0.6 is 11.6 Å². The van der Waals surface area contributed by atoms with Gasteiger partial charge in [0.25, 0.3) is 5.91 Å². The van der Waals surface area contributed by atoms with Gasteiger partial charge in [0.15, 0.2) is 11.5 Å². The molecule has 0 unspecified atom stereocenters. The zero-order valence-electron chi connectivity index (χ0n) is 15.1. The minimum Gasteiger partial charge on any atom is -0.493 e. The summed E-state index contributed by atoms with van der Waals surface area (Å²) in [4.78, 5) is 12.7. The Bertz CT molecular complexity index is 805. The molecule has 0 fully saturated rings. The van der Waals surface area contributed by atoms with Crippen LogP contribution in [-0.2, 0) is 0 Å². The fourth-order valence-corrected chi connectivity index (χ4v) is 3.06. The van der Waals surface area contributed by atoms with Crippen LogP contribution in [0.4, 0.5) is 5.69 Å². The Kier molecular flexibility index (Phi) is 6.10. The Hall–Kier alpha value is -2.46. The third-order valence-electron chi connectivity index (χ3n) is 3.79. The van der Waals surface area contributed by atoms with E-state index in [9.17, 15) is 4.79 Å². The third kappa shape index (κ3) is 4.15. The van der Waals surface area contributed by atoms with Gasteiger partial charge in [0.05, 0.1) is 24.9 Å². The van der Waals surface area contributed by atoms with Crippen molar-refractivity contribution in [2.24, 2.45) is 0 Å². The SMILES string of the molecule is CC=Cc1cc(C(=O)Nc2c(C)cc(C)cc2Cl)cc(OC)c1OC. The molecule has 2 aromatic rings. The van der Waals surface area contributed by atoms with E-state index in [0.29, 0.717) is 27.8 Å². The molecule has 0 spiro atoms. The van der Waals surface area contributed by atoms with Crippen LogP contribution in [0.1, 0.15) is 34.0 Å². The van der Waals surface area contributed by atoms with Crippen molar-refractivity contribution in [1.29, 1.82) is 0 Å². The van der Waals surface area contributed by atoms with Crippen LogP contribution in [0, 0.1) is 13.8 Å². The van der Waals surface area contributed by atoms with Crippen LogP contribution in [0.25, 0.3) is 6.08 Å². The molecule has 1 amide bonds.